The van der Waals surface area contributed by atoms with Crippen molar-refractivity contribution in [1.82, 2.24) is 0 Å². The molecule has 1 aromatic heterocycles. The lowest BCUT2D eigenvalue weighted by molar-refractivity contribution is 0.110. The molecule has 0 radical (unpaired) electrons. The minimum Gasteiger partial charge on any atom is -0.497 e. The molecule has 0 saturated heterocycles. The average molecular weight is 202 g/mol. The van der Waals surface area contributed by atoms with Crippen molar-refractivity contribution >= 4 is 6.29 Å². The predicted octanol–water partition coefficient (Wildman–Crippen LogP) is 2.77. The number of rotatable bonds is 3. The molecule has 0 atom stereocenters. The second-order valence-electron chi connectivity index (χ2n) is 3.05. The van der Waals surface area contributed by atoms with Crippen LogP contribution in [0.3, 0.4) is 0 Å². The Morgan fingerprint density at radius 1 is 1.13 bits per heavy atom. The molecule has 2 aromatic rings. The highest BCUT2D eigenvalue weighted by molar-refractivity contribution is 5.72. The fourth-order valence-electron chi connectivity index (χ4n) is 1.33. The molecule has 3 nitrogen and oxygen atoms in total. The SMILES string of the molecule is COc1ccc(-c2ccc(C=O)o2)cc1. The Labute approximate surface area is 87.3 Å². The van der Waals surface area contributed by atoms with Crippen LogP contribution in [0.4, 0.5) is 0 Å². The summed E-state index contributed by atoms with van der Waals surface area (Å²) >= 11 is 0. The zero-order chi connectivity index (χ0) is 10.7. The Hall–Kier alpha value is -2.03. The van der Waals surface area contributed by atoms with E-state index in [1.165, 1.54) is 0 Å². The molecule has 0 N–H and O–H groups in total. The van der Waals surface area contributed by atoms with E-state index < -0.39 is 0 Å². The number of hydrogen-bond donors (Lipinski definition) is 0. The van der Waals surface area contributed by atoms with Gasteiger partial charge in [-0.25, -0.2) is 0 Å². The van der Waals surface area contributed by atoms with Gasteiger partial charge in [-0.05, 0) is 36.4 Å². The van der Waals surface area contributed by atoms with Gasteiger partial charge in [-0.15, -0.1) is 0 Å². The Morgan fingerprint density at radius 3 is 2.40 bits per heavy atom. The van der Waals surface area contributed by atoms with Crippen LogP contribution in [0.1, 0.15) is 10.6 Å². The molecule has 2 rings (SSSR count). The molecule has 1 heterocycles. The lowest BCUT2D eigenvalue weighted by atomic mass is 10.2. The molecule has 0 aliphatic heterocycles. The first kappa shape index (κ1) is 9.52. The summed E-state index contributed by atoms with van der Waals surface area (Å²) in [5.41, 5.74) is 0.920. The third kappa shape index (κ3) is 1.91. The number of benzene rings is 1. The largest absolute Gasteiger partial charge is 0.497 e. The minimum absolute atomic E-state index is 0.334. The number of hydrogen-bond acceptors (Lipinski definition) is 3. The van der Waals surface area contributed by atoms with Crippen LogP contribution in [0.25, 0.3) is 11.3 Å². The molecule has 0 aliphatic carbocycles. The van der Waals surface area contributed by atoms with Gasteiger partial charge in [-0.2, -0.15) is 0 Å². The van der Waals surface area contributed by atoms with Crippen molar-refractivity contribution in [3.8, 4) is 17.1 Å². The highest BCUT2D eigenvalue weighted by Crippen LogP contribution is 2.23. The Balaban J connectivity index is 2.32. The van der Waals surface area contributed by atoms with Gasteiger partial charge in [0, 0.05) is 5.56 Å². The van der Waals surface area contributed by atoms with Crippen LogP contribution in [0.15, 0.2) is 40.8 Å². The normalized spacial score (nSPS) is 9.93. The molecule has 3 heteroatoms. The lowest BCUT2D eigenvalue weighted by Gasteiger charge is -2.00. The number of methoxy groups -OCH3 is 1. The van der Waals surface area contributed by atoms with Crippen LogP contribution in [0.5, 0.6) is 5.75 Å². The van der Waals surface area contributed by atoms with Crippen LogP contribution in [-0.2, 0) is 0 Å². The fraction of sp³-hybridized carbons (Fsp3) is 0.0833. The molecule has 0 bridgehead atoms. The van der Waals surface area contributed by atoms with Crippen molar-refractivity contribution < 1.29 is 13.9 Å². The van der Waals surface area contributed by atoms with E-state index in [0.717, 1.165) is 11.3 Å². The number of ether oxygens (including phenoxy) is 1. The Kier molecular flexibility index (Phi) is 2.54. The Morgan fingerprint density at radius 2 is 1.87 bits per heavy atom. The third-order valence-corrected chi connectivity index (χ3v) is 2.12. The van der Waals surface area contributed by atoms with Crippen LogP contribution in [0, 0.1) is 0 Å². The zero-order valence-corrected chi connectivity index (χ0v) is 8.27. The summed E-state index contributed by atoms with van der Waals surface area (Å²) in [7, 11) is 1.62. The maximum absolute atomic E-state index is 10.4. The molecular weight excluding hydrogens is 192 g/mol. The summed E-state index contributed by atoms with van der Waals surface area (Å²) in [6.45, 7) is 0. The van der Waals surface area contributed by atoms with E-state index in [9.17, 15) is 4.79 Å². The van der Waals surface area contributed by atoms with Crippen molar-refractivity contribution in [2.45, 2.75) is 0 Å². The molecule has 0 saturated carbocycles. The van der Waals surface area contributed by atoms with E-state index in [-0.39, 0.29) is 0 Å². The molecule has 1 aromatic carbocycles. The summed E-state index contributed by atoms with van der Waals surface area (Å²) in [6.07, 6.45) is 0.688. The van der Waals surface area contributed by atoms with Gasteiger partial charge in [-0.3, -0.25) is 4.79 Å². The van der Waals surface area contributed by atoms with Gasteiger partial charge < -0.3 is 9.15 Å². The maximum Gasteiger partial charge on any atom is 0.185 e. The van der Waals surface area contributed by atoms with E-state index in [4.69, 9.17) is 9.15 Å². The first-order valence-electron chi connectivity index (χ1n) is 4.53. The quantitative estimate of drug-likeness (QED) is 0.718. The summed E-state index contributed by atoms with van der Waals surface area (Å²) in [4.78, 5) is 10.4. The molecule has 0 fully saturated rings. The predicted molar refractivity (Wildman–Crippen MR) is 56.1 cm³/mol. The van der Waals surface area contributed by atoms with Gasteiger partial charge in [-0.1, -0.05) is 0 Å². The highest BCUT2D eigenvalue weighted by atomic mass is 16.5. The van der Waals surface area contributed by atoms with Gasteiger partial charge in [0.05, 0.1) is 7.11 Å². The molecule has 0 unspecified atom stereocenters. The van der Waals surface area contributed by atoms with Gasteiger partial charge in [0.2, 0.25) is 0 Å². The summed E-state index contributed by atoms with van der Waals surface area (Å²) < 4.78 is 10.3. The van der Waals surface area contributed by atoms with E-state index >= 15 is 0 Å². The standard InChI is InChI=1S/C12H10O3/c1-14-10-4-2-9(3-5-10)12-7-6-11(8-13)15-12/h2-8H,1H3. The first-order chi connectivity index (χ1) is 7.33. The zero-order valence-electron chi connectivity index (χ0n) is 8.27. The van der Waals surface area contributed by atoms with Gasteiger partial charge in [0.15, 0.2) is 12.0 Å². The van der Waals surface area contributed by atoms with Crippen molar-refractivity contribution in [2.75, 3.05) is 7.11 Å². The molecular formula is C12H10O3. The summed E-state index contributed by atoms with van der Waals surface area (Å²) in [5, 5.41) is 0. The monoisotopic (exact) mass is 202 g/mol. The van der Waals surface area contributed by atoms with E-state index in [1.807, 2.05) is 24.3 Å². The molecule has 0 aliphatic rings. The van der Waals surface area contributed by atoms with E-state index in [2.05, 4.69) is 0 Å². The second-order valence-corrected chi connectivity index (χ2v) is 3.05. The summed E-state index contributed by atoms with van der Waals surface area (Å²) in [5.74, 6) is 1.81. The topological polar surface area (TPSA) is 39.4 Å². The van der Waals surface area contributed by atoms with Crippen LogP contribution in [0.2, 0.25) is 0 Å². The van der Waals surface area contributed by atoms with Gasteiger partial charge >= 0.3 is 0 Å². The molecule has 76 valence electrons. The third-order valence-electron chi connectivity index (χ3n) is 2.12. The number of carbonyl (C=O) groups is 1. The lowest BCUT2D eigenvalue weighted by Crippen LogP contribution is -1.81. The fourth-order valence-corrected chi connectivity index (χ4v) is 1.33. The van der Waals surface area contributed by atoms with Crippen molar-refractivity contribution in [3.05, 3.63) is 42.2 Å². The Bertz CT molecular complexity index is 454. The first-order valence-corrected chi connectivity index (χ1v) is 4.53. The minimum atomic E-state index is 0.334. The molecule has 15 heavy (non-hydrogen) atoms. The van der Waals surface area contributed by atoms with Crippen LogP contribution in [-0.4, -0.2) is 13.4 Å². The van der Waals surface area contributed by atoms with Crippen molar-refractivity contribution in [1.29, 1.82) is 0 Å². The number of aldehydes is 1. The van der Waals surface area contributed by atoms with Crippen LogP contribution >= 0.6 is 0 Å². The highest BCUT2D eigenvalue weighted by Gasteiger charge is 2.03. The number of furan rings is 1. The maximum atomic E-state index is 10.4. The second kappa shape index (κ2) is 4.00. The van der Waals surface area contributed by atoms with Gasteiger partial charge in [0.25, 0.3) is 0 Å². The smallest absolute Gasteiger partial charge is 0.185 e. The average Bonchev–Trinajstić information content (AvgIpc) is 2.78. The molecule has 0 spiro atoms. The van der Waals surface area contributed by atoms with Gasteiger partial charge in [0.1, 0.15) is 11.5 Å². The van der Waals surface area contributed by atoms with Crippen molar-refractivity contribution in [3.63, 3.8) is 0 Å². The van der Waals surface area contributed by atoms with Crippen molar-refractivity contribution in [2.24, 2.45) is 0 Å². The molecule has 0 amide bonds. The van der Waals surface area contributed by atoms with E-state index in [1.54, 1.807) is 19.2 Å². The van der Waals surface area contributed by atoms with E-state index in [0.29, 0.717) is 17.8 Å². The van der Waals surface area contributed by atoms with Crippen LogP contribution < -0.4 is 4.74 Å². The number of carbonyl (C=O) groups excluding carboxylic acids is 1. The summed E-state index contributed by atoms with van der Waals surface area (Å²) in [6, 6.07) is 10.9.